The number of H-pyrrole nitrogens is 1. The van der Waals surface area contributed by atoms with Crippen LogP contribution in [0.3, 0.4) is 0 Å². The quantitative estimate of drug-likeness (QED) is 0.569. The number of fused-ring (bicyclic) bond motifs is 2. The van der Waals surface area contributed by atoms with E-state index in [0.29, 0.717) is 44.7 Å². The molecule has 35 heavy (non-hydrogen) atoms. The molecule has 186 valence electrons. The summed E-state index contributed by atoms with van der Waals surface area (Å²) in [7, 11) is 0. The van der Waals surface area contributed by atoms with Gasteiger partial charge in [0.1, 0.15) is 29.2 Å². The largest absolute Gasteiger partial charge is 0.444 e. The molecule has 1 atom stereocenters. The molecule has 1 saturated heterocycles. The third-order valence-electron chi connectivity index (χ3n) is 6.44. The Bertz CT molecular complexity index is 1230. The van der Waals surface area contributed by atoms with Gasteiger partial charge in [-0.15, -0.1) is 0 Å². The van der Waals surface area contributed by atoms with Crippen LogP contribution >= 0.6 is 0 Å². The second-order valence-corrected chi connectivity index (χ2v) is 10.1. The van der Waals surface area contributed by atoms with Gasteiger partial charge in [0, 0.05) is 43.9 Å². The molecule has 2 amide bonds. The van der Waals surface area contributed by atoms with Gasteiger partial charge in [-0.25, -0.2) is 14.8 Å². The molecule has 11 heteroatoms. The molecule has 5 heterocycles. The van der Waals surface area contributed by atoms with Crippen LogP contribution in [0.5, 0.6) is 0 Å². The predicted octanol–water partition coefficient (Wildman–Crippen LogP) is 3.03. The van der Waals surface area contributed by atoms with Crippen molar-refractivity contribution in [3.63, 3.8) is 0 Å². The molecule has 3 aromatic heterocycles. The lowest BCUT2D eigenvalue weighted by Crippen LogP contribution is -2.41. The maximum Gasteiger partial charge on any atom is 0.410 e. The molecular formula is C24H31N7O4. The minimum Gasteiger partial charge on any atom is -0.444 e. The highest BCUT2D eigenvalue weighted by molar-refractivity contribution is 5.94. The smallest absolute Gasteiger partial charge is 0.410 e. The van der Waals surface area contributed by atoms with Gasteiger partial charge in [-0.2, -0.15) is 0 Å². The SMILES string of the molecule is CC(C)(C)OC(=O)N1CCCC1CCNC(=O)c1noc2c1CN(c1ncnc3[nH]ccc13)CC2. The van der Waals surface area contributed by atoms with E-state index < -0.39 is 5.60 Å². The number of hydrogen-bond acceptors (Lipinski definition) is 8. The number of hydrogen-bond donors (Lipinski definition) is 2. The summed E-state index contributed by atoms with van der Waals surface area (Å²) in [6, 6.07) is 2.00. The van der Waals surface area contributed by atoms with Crippen molar-refractivity contribution in [2.75, 3.05) is 24.5 Å². The molecule has 0 radical (unpaired) electrons. The zero-order valence-corrected chi connectivity index (χ0v) is 20.3. The summed E-state index contributed by atoms with van der Waals surface area (Å²) in [5.41, 5.74) is 1.33. The van der Waals surface area contributed by atoms with Gasteiger partial charge in [0.2, 0.25) is 0 Å². The summed E-state index contributed by atoms with van der Waals surface area (Å²) >= 11 is 0. The summed E-state index contributed by atoms with van der Waals surface area (Å²) in [5, 5.41) is 7.97. The molecule has 2 N–H and O–H groups in total. The lowest BCUT2D eigenvalue weighted by Gasteiger charge is -2.28. The summed E-state index contributed by atoms with van der Waals surface area (Å²) < 4.78 is 11.0. The highest BCUT2D eigenvalue weighted by atomic mass is 16.6. The monoisotopic (exact) mass is 481 g/mol. The van der Waals surface area contributed by atoms with Gasteiger partial charge < -0.3 is 29.4 Å². The van der Waals surface area contributed by atoms with E-state index >= 15 is 0 Å². The Morgan fingerprint density at radius 3 is 2.97 bits per heavy atom. The van der Waals surface area contributed by atoms with E-state index in [1.807, 2.05) is 33.0 Å². The normalized spacial score (nSPS) is 18.1. The van der Waals surface area contributed by atoms with Crippen LogP contribution < -0.4 is 10.2 Å². The minimum atomic E-state index is -0.531. The van der Waals surface area contributed by atoms with Crippen LogP contribution in [0.4, 0.5) is 10.6 Å². The average molecular weight is 482 g/mol. The van der Waals surface area contributed by atoms with Crippen molar-refractivity contribution < 1.29 is 18.8 Å². The second kappa shape index (κ2) is 9.20. The Kier molecular flexibility index (Phi) is 6.08. The van der Waals surface area contributed by atoms with Crippen LogP contribution in [-0.4, -0.2) is 68.3 Å². The maximum atomic E-state index is 13.0. The fourth-order valence-electron chi connectivity index (χ4n) is 4.81. The molecule has 0 bridgehead atoms. The molecule has 5 rings (SSSR count). The summed E-state index contributed by atoms with van der Waals surface area (Å²) in [6.07, 6.45) is 6.21. The molecular weight excluding hydrogens is 450 g/mol. The van der Waals surface area contributed by atoms with E-state index in [0.717, 1.165) is 41.0 Å². The first kappa shape index (κ1) is 23.1. The van der Waals surface area contributed by atoms with E-state index in [-0.39, 0.29) is 18.0 Å². The zero-order valence-electron chi connectivity index (χ0n) is 20.3. The van der Waals surface area contributed by atoms with Gasteiger partial charge in [0.15, 0.2) is 5.69 Å². The number of aromatic nitrogens is 4. The number of amides is 2. The number of aromatic amines is 1. The third kappa shape index (κ3) is 4.80. The molecule has 0 spiro atoms. The molecule has 2 aliphatic rings. The van der Waals surface area contributed by atoms with Crippen LogP contribution in [0.15, 0.2) is 23.1 Å². The van der Waals surface area contributed by atoms with Crippen LogP contribution in [0.25, 0.3) is 11.0 Å². The Labute approximate surface area is 203 Å². The molecule has 1 fully saturated rings. The Morgan fingerprint density at radius 1 is 1.29 bits per heavy atom. The van der Waals surface area contributed by atoms with Crippen LogP contribution in [0.1, 0.15) is 61.8 Å². The van der Waals surface area contributed by atoms with Crippen molar-refractivity contribution in [3.05, 3.63) is 35.6 Å². The van der Waals surface area contributed by atoms with Crippen LogP contribution in [-0.2, 0) is 17.7 Å². The third-order valence-corrected chi connectivity index (χ3v) is 6.44. The van der Waals surface area contributed by atoms with Crippen molar-refractivity contribution in [1.82, 2.24) is 30.3 Å². The number of nitrogens with zero attached hydrogens (tertiary/aromatic N) is 5. The Morgan fingerprint density at radius 2 is 2.14 bits per heavy atom. The van der Waals surface area contributed by atoms with Gasteiger partial charge >= 0.3 is 6.09 Å². The van der Waals surface area contributed by atoms with E-state index in [1.54, 1.807) is 4.90 Å². The van der Waals surface area contributed by atoms with Crippen LogP contribution in [0, 0.1) is 0 Å². The van der Waals surface area contributed by atoms with Crippen molar-refractivity contribution in [3.8, 4) is 0 Å². The van der Waals surface area contributed by atoms with E-state index in [4.69, 9.17) is 9.26 Å². The standard InChI is InChI=1S/C24H31N7O4/c1-24(2,3)34-23(33)31-11-4-5-15(31)6-9-26-22(32)19-17-13-30(12-8-18(17)35-29-19)21-16-7-10-25-20(16)27-14-28-21/h7,10,14-15H,4-6,8-9,11-13H2,1-3H3,(H,26,32)(H,25,27,28). The number of likely N-dealkylation sites (tertiary alicyclic amines) is 1. The number of nitrogens with one attached hydrogen (secondary N) is 2. The number of carbonyl (C=O) groups excluding carboxylic acids is 2. The molecule has 2 aliphatic heterocycles. The fourth-order valence-corrected chi connectivity index (χ4v) is 4.81. The topological polar surface area (TPSA) is 129 Å². The molecule has 11 nitrogen and oxygen atoms in total. The van der Waals surface area contributed by atoms with Crippen molar-refractivity contribution in [2.24, 2.45) is 0 Å². The second-order valence-electron chi connectivity index (χ2n) is 10.1. The molecule has 1 unspecified atom stereocenters. The summed E-state index contributed by atoms with van der Waals surface area (Å²) in [5.74, 6) is 1.28. The van der Waals surface area contributed by atoms with Crippen molar-refractivity contribution in [2.45, 2.75) is 64.6 Å². The van der Waals surface area contributed by atoms with Gasteiger partial charge in [-0.05, 0) is 46.1 Å². The maximum absolute atomic E-state index is 13.0. The summed E-state index contributed by atoms with van der Waals surface area (Å²) in [6.45, 7) is 7.89. The highest BCUT2D eigenvalue weighted by Crippen LogP contribution is 2.29. The number of carbonyl (C=O) groups is 2. The molecule has 0 saturated carbocycles. The Balaban J connectivity index is 1.21. The van der Waals surface area contributed by atoms with E-state index in [2.05, 4.69) is 30.3 Å². The molecule has 3 aromatic rings. The first-order chi connectivity index (χ1) is 16.8. The first-order valence-electron chi connectivity index (χ1n) is 12.1. The molecule has 0 aromatic carbocycles. The first-order valence-corrected chi connectivity index (χ1v) is 12.1. The fraction of sp³-hybridized carbons (Fsp3) is 0.542. The highest BCUT2D eigenvalue weighted by Gasteiger charge is 2.33. The van der Waals surface area contributed by atoms with Crippen molar-refractivity contribution >= 4 is 28.9 Å². The lowest BCUT2D eigenvalue weighted by molar-refractivity contribution is 0.0221. The lowest BCUT2D eigenvalue weighted by atomic mass is 10.1. The number of ether oxygens (including phenoxy) is 1. The van der Waals surface area contributed by atoms with E-state index in [1.165, 1.54) is 6.33 Å². The minimum absolute atomic E-state index is 0.0494. The average Bonchev–Trinajstić information content (AvgIpc) is 3.56. The van der Waals surface area contributed by atoms with E-state index in [9.17, 15) is 9.59 Å². The van der Waals surface area contributed by atoms with Crippen molar-refractivity contribution in [1.29, 1.82) is 0 Å². The Hall–Kier alpha value is -3.63. The number of anilines is 1. The van der Waals surface area contributed by atoms with Gasteiger partial charge in [-0.1, -0.05) is 5.16 Å². The predicted molar refractivity (Wildman–Crippen MR) is 128 cm³/mol. The van der Waals surface area contributed by atoms with Gasteiger partial charge in [0.05, 0.1) is 11.9 Å². The van der Waals surface area contributed by atoms with Gasteiger partial charge in [0.25, 0.3) is 5.91 Å². The zero-order chi connectivity index (χ0) is 24.6. The number of rotatable bonds is 5. The molecule has 0 aliphatic carbocycles. The summed E-state index contributed by atoms with van der Waals surface area (Å²) in [4.78, 5) is 41.2. The van der Waals surface area contributed by atoms with Crippen LogP contribution in [0.2, 0.25) is 0 Å². The van der Waals surface area contributed by atoms with Gasteiger partial charge in [-0.3, -0.25) is 4.79 Å².